The average Bonchev–Trinajstić information content (AvgIpc) is 2.60. The summed E-state index contributed by atoms with van der Waals surface area (Å²) in [5.41, 5.74) is 3.05. The molecule has 100 valence electrons. The van der Waals surface area contributed by atoms with Gasteiger partial charge < -0.3 is 5.32 Å². The Morgan fingerprint density at radius 3 is 2.89 bits per heavy atom. The second-order valence-corrected chi connectivity index (χ2v) is 6.41. The maximum Gasteiger partial charge on any atom is 0.0357 e. The second kappa shape index (κ2) is 5.56. The summed E-state index contributed by atoms with van der Waals surface area (Å²) in [7, 11) is 0. The quantitative estimate of drug-likeness (QED) is 0.870. The van der Waals surface area contributed by atoms with Crippen molar-refractivity contribution in [1.82, 2.24) is 5.32 Å². The zero-order chi connectivity index (χ0) is 13.2. The summed E-state index contributed by atoms with van der Waals surface area (Å²) >= 11 is 2.07. The van der Waals surface area contributed by atoms with E-state index in [1.807, 2.05) is 0 Å². The van der Waals surface area contributed by atoms with E-state index in [9.17, 15) is 0 Å². The molecule has 0 saturated heterocycles. The first-order valence-corrected chi connectivity index (χ1v) is 8.28. The molecule has 19 heavy (non-hydrogen) atoms. The lowest BCUT2D eigenvalue weighted by molar-refractivity contribution is 0.428. The third-order valence-corrected chi connectivity index (χ3v) is 5.29. The van der Waals surface area contributed by atoms with Gasteiger partial charge in [-0.1, -0.05) is 50.2 Å². The first kappa shape index (κ1) is 13.0. The summed E-state index contributed by atoms with van der Waals surface area (Å²) in [6.07, 6.45) is 0. The Morgan fingerprint density at radius 1 is 1.21 bits per heavy atom. The monoisotopic (exact) mass is 271 g/mol. The molecule has 1 aliphatic heterocycles. The minimum atomic E-state index is 0.500. The zero-order valence-corrected chi connectivity index (χ0v) is 12.5. The molecule has 0 saturated carbocycles. The Hall–Kier alpha value is -0.990. The van der Waals surface area contributed by atoms with Crippen LogP contribution in [0.3, 0.4) is 0 Å². The van der Waals surface area contributed by atoms with E-state index >= 15 is 0 Å². The second-order valence-electron chi connectivity index (χ2n) is 5.38. The minimum Gasteiger partial charge on any atom is -0.310 e. The third kappa shape index (κ3) is 2.39. The van der Waals surface area contributed by atoms with Crippen LogP contribution >= 0.6 is 11.8 Å². The van der Waals surface area contributed by atoms with Gasteiger partial charge in [0.1, 0.15) is 0 Å². The molecule has 1 heterocycles. The molecule has 2 atom stereocenters. The largest absolute Gasteiger partial charge is 0.310 e. The van der Waals surface area contributed by atoms with Gasteiger partial charge in [-0.05, 0) is 40.1 Å². The van der Waals surface area contributed by atoms with E-state index in [0.29, 0.717) is 12.0 Å². The van der Waals surface area contributed by atoms with E-state index < -0.39 is 0 Å². The summed E-state index contributed by atoms with van der Waals surface area (Å²) in [6.45, 7) is 5.60. The molecule has 0 radical (unpaired) electrons. The van der Waals surface area contributed by atoms with Crippen LogP contribution in [-0.4, -0.2) is 12.3 Å². The molecule has 0 bridgehead atoms. The fourth-order valence-corrected chi connectivity index (χ4v) is 4.29. The maximum atomic E-state index is 3.68. The molecular weight excluding hydrogens is 250 g/mol. The molecule has 2 heteroatoms. The van der Waals surface area contributed by atoms with Crippen LogP contribution in [-0.2, 0) is 5.75 Å². The van der Waals surface area contributed by atoms with Crippen LogP contribution in [0.25, 0.3) is 10.8 Å². The van der Waals surface area contributed by atoms with Gasteiger partial charge in [-0.2, -0.15) is 11.8 Å². The molecule has 3 rings (SSSR count). The standard InChI is InChI=1S/C17H21NS/c1-3-18-17-12(2)10-19-11-16-14-7-5-4-6-13(14)8-9-15(16)17/h4-9,12,17-18H,3,10-11H2,1-2H3. The predicted molar refractivity (Wildman–Crippen MR) is 85.7 cm³/mol. The summed E-state index contributed by atoms with van der Waals surface area (Å²) in [6, 6.07) is 13.9. The SMILES string of the molecule is CCNC1c2ccc3ccccc3c2CSCC1C. The molecule has 0 amide bonds. The van der Waals surface area contributed by atoms with Gasteiger partial charge in [0.05, 0.1) is 0 Å². The fraction of sp³-hybridized carbons (Fsp3) is 0.412. The van der Waals surface area contributed by atoms with Crippen molar-refractivity contribution in [2.24, 2.45) is 5.92 Å². The molecule has 1 aliphatic rings. The molecule has 2 aromatic carbocycles. The number of thioether (sulfide) groups is 1. The topological polar surface area (TPSA) is 12.0 Å². The van der Waals surface area contributed by atoms with E-state index in [0.717, 1.165) is 12.3 Å². The Labute approximate surface area is 119 Å². The first-order valence-electron chi connectivity index (χ1n) is 7.13. The summed E-state index contributed by atoms with van der Waals surface area (Å²) in [4.78, 5) is 0. The highest BCUT2D eigenvalue weighted by Crippen LogP contribution is 2.37. The maximum absolute atomic E-state index is 3.68. The molecule has 1 nitrogen and oxygen atoms in total. The van der Waals surface area contributed by atoms with E-state index in [1.165, 1.54) is 22.1 Å². The van der Waals surface area contributed by atoms with Gasteiger partial charge in [0.2, 0.25) is 0 Å². The van der Waals surface area contributed by atoms with Crippen molar-refractivity contribution in [2.75, 3.05) is 12.3 Å². The van der Waals surface area contributed by atoms with Crippen molar-refractivity contribution in [2.45, 2.75) is 25.6 Å². The molecule has 2 unspecified atom stereocenters. The molecule has 1 N–H and O–H groups in total. The van der Waals surface area contributed by atoms with Crippen molar-refractivity contribution in [3.05, 3.63) is 47.5 Å². The molecule has 2 aromatic rings. The van der Waals surface area contributed by atoms with E-state index in [-0.39, 0.29) is 0 Å². The molecule has 0 fully saturated rings. The first-order chi connectivity index (χ1) is 9.31. The lowest BCUT2D eigenvalue weighted by atomic mass is 9.90. The van der Waals surface area contributed by atoms with E-state index in [4.69, 9.17) is 0 Å². The van der Waals surface area contributed by atoms with Crippen LogP contribution in [0.2, 0.25) is 0 Å². The van der Waals surface area contributed by atoms with Gasteiger partial charge in [-0.15, -0.1) is 0 Å². The van der Waals surface area contributed by atoms with Crippen LogP contribution in [0.15, 0.2) is 36.4 Å². The molecule has 0 aromatic heterocycles. The van der Waals surface area contributed by atoms with Gasteiger partial charge >= 0.3 is 0 Å². The van der Waals surface area contributed by atoms with Crippen LogP contribution in [0.4, 0.5) is 0 Å². The van der Waals surface area contributed by atoms with Gasteiger partial charge in [-0.3, -0.25) is 0 Å². The zero-order valence-electron chi connectivity index (χ0n) is 11.6. The molecular formula is C17H21NS. The fourth-order valence-electron chi connectivity index (χ4n) is 3.09. The van der Waals surface area contributed by atoms with Crippen molar-refractivity contribution < 1.29 is 0 Å². The lowest BCUT2D eigenvalue weighted by Crippen LogP contribution is -2.27. The Morgan fingerprint density at radius 2 is 2.05 bits per heavy atom. The van der Waals surface area contributed by atoms with Gasteiger partial charge in [0.25, 0.3) is 0 Å². The van der Waals surface area contributed by atoms with Gasteiger partial charge in [-0.25, -0.2) is 0 Å². The summed E-state index contributed by atoms with van der Waals surface area (Å²) in [5, 5.41) is 6.48. The van der Waals surface area contributed by atoms with Crippen molar-refractivity contribution >= 4 is 22.5 Å². The van der Waals surface area contributed by atoms with Crippen molar-refractivity contribution in [3.8, 4) is 0 Å². The third-order valence-electron chi connectivity index (χ3n) is 4.03. The molecule has 0 aliphatic carbocycles. The Kier molecular flexibility index (Phi) is 3.81. The number of hydrogen-bond acceptors (Lipinski definition) is 2. The normalized spacial score (nSPS) is 23.1. The highest BCUT2D eigenvalue weighted by atomic mass is 32.2. The number of hydrogen-bond donors (Lipinski definition) is 1. The van der Waals surface area contributed by atoms with Crippen LogP contribution < -0.4 is 5.32 Å². The number of fused-ring (bicyclic) bond motifs is 3. The van der Waals surface area contributed by atoms with Crippen LogP contribution in [0, 0.1) is 5.92 Å². The van der Waals surface area contributed by atoms with Gasteiger partial charge in [0, 0.05) is 11.8 Å². The predicted octanol–water partition coefficient (Wildman–Crippen LogP) is 4.37. The Balaban J connectivity index is 2.17. The Bertz CT molecular complexity index is 578. The summed E-state index contributed by atoms with van der Waals surface area (Å²) in [5.74, 6) is 3.07. The highest BCUT2D eigenvalue weighted by Gasteiger charge is 2.25. The number of benzene rings is 2. The smallest absolute Gasteiger partial charge is 0.0357 e. The number of nitrogens with one attached hydrogen (secondary N) is 1. The van der Waals surface area contributed by atoms with E-state index in [1.54, 1.807) is 5.56 Å². The van der Waals surface area contributed by atoms with Crippen LogP contribution in [0.1, 0.15) is 31.0 Å². The number of rotatable bonds is 2. The van der Waals surface area contributed by atoms with Gasteiger partial charge in [0.15, 0.2) is 0 Å². The van der Waals surface area contributed by atoms with Crippen molar-refractivity contribution in [1.29, 1.82) is 0 Å². The molecule has 0 spiro atoms. The van der Waals surface area contributed by atoms with Crippen molar-refractivity contribution in [3.63, 3.8) is 0 Å². The summed E-state index contributed by atoms with van der Waals surface area (Å²) < 4.78 is 0. The van der Waals surface area contributed by atoms with Crippen LogP contribution in [0.5, 0.6) is 0 Å². The van der Waals surface area contributed by atoms with E-state index in [2.05, 4.69) is 67.3 Å². The minimum absolute atomic E-state index is 0.500. The lowest BCUT2D eigenvalue weighted by Gasteiger charge is -2.24. The highest BCUT2D eigenvalue weighted by molar-refractivity contribution is 7.98. The average molecular weight is 271 g/mol.